The molecule has 1 aliphatic rings. The van der Waals surface area contributed by atoms with Gasteiger partial charge in [-0.25, -0.2) is 4.39 Å². The van der Waals surface area contributed by atoms with E-state index in [1.165, 1.54) is 11.6 Å². The van der Waals surface area contributed by atoms with E-state index in [2.05, 4.69) is 53.9 Å². The topological polar surface area (TPSA) is 61.4 Å². The predicted molar refractivity (Wildman–Crippen MR) is 141 cm³/mol. The Balaban J connectivity index is 0.00000432. The minimum atomic E-state index is -0.251. The van der Waals surface area contributed by atoms with Crippen molar-refractivity contribution >= 4 is 24.2 Å². The molecule has 5 nitrogen and oxygen atoms in total. The third-order valence-corrected chi connectivity index (χ3v) is 7.09. The summed E-state index contributed by atoms with van der Waals surface area (Å²) in [5.74, 6) is -0.331. The third kappa shape index (κ3) is 8.93. The molecule has 0 heterocycles. The van der Waals surface area contributed by atoms with Crippen LogP contribution in [0.3, 0.4) is 0 Å². The minimum Gasteiger partial charge on any atom is -0.356 e. The zero-order valence-corrected chi connectivity index (χ0v) is 21.7. The fourth-order valence-electron chi connectivity index (χ4n) is 4.89. The first-order valence-electron chi connectivity index (χ1n) is 12.4. The van der Waals surface area contributed by atoms with Gasteiger partial charge in [-0.1, -0.05) is 48.5 Å². The van der Waals surface area contributed by atoms with Crippen molar-refractivity contribution in [2.45, 2.75) is 69.4 Å². The smallest absolute Gasteiger partial charge is 0.220 e. The number of nitrogens with one attached hydrogen (secondary N) is 2. The summed E-state index contributed by atoms with van der Waals surface area (Å²) in [6.07, 6.45) is 6.66. The van der Waals surface area contributed by atoms with Crippen LogP contribution in [0, 0.1) is 5.82 Å². The molecule has 0 atom stereocenters. The summed E-state index contributed by atoms with van der Waals surface area (Å²) < 4.78 is 13.6. The summed E-state index contributed by atoms with van der Waals surface area (Å²) >= 11 is 0. The highest BCUT2D eigenvalue weighted by molar-refractivity contribution is 5.85. The van der Waals surface area contributed by atoms with E-state index in [9.17, 15) is 14.0 Å². The highest BCUT2D eigenvalue weighted by Crippen LogP contribution is 2.35. The Morgan fingerprint density at radius 2 is 1.60 bits per heavy atom. The van der Waals surface area contributed by atoms with Gasteiger partial charge in [-0.2, -0.15) is 0 Å². The molecule has 7 heteroatoms. The van der Waals surface area contributed by atoms with E-state index in [0.29, 0.717) is 37.8 Å². The lowest BCUT2D eigenvalue weighted by Crippen LogP contribution is -2.52. The van der Waals surface area contributed by atoms with Gasteiger partial charge in [0, 0.05) is 31.0 Å². The largest absolute Gasteiger partial charge is 0.356 e. The van der Waals surface area contributed by atoms with Crippen molar-refractivity contribution in [3.05, 3.63) is 71.5 Å². The second-order valence-electron chi connectivity index (χ2n) is 9.67. The molecule has 1 aliphatic carbocycles. The molecule has 0 unspecified atom stereocenters. The second kappa shape index (κ2) is 14.2. The fourth-order valence-corrected chi connectivity index (χ4v) is 4.89. The summed E-state index contributed by atoms with van der Waals surface area (Å²) in [7, 11) is 4.31. The maximum Gasteiger partial charge on any atom is 0.220 e. The Hall–Kier alpha value is -2.44. The normalized spacial score (nSPS) is 19.6. The average Bonchev–Trinajstić information content (AvgIpc) is 2.82. The molecule has 0 spiro atoms. The second-order valence-corrected chi connectivity index (χ2v) is 9.67. The van der Waals surface area contributed by atoms with Crippen LogP contribution in [0.15, 0.2) is 54.6 Å². The number of amides is 2. The van der Waals surface area contributed by atoms with Gasteiger partial charge in [0.05, 0.1) is 0 Å². The molecule has 2 aromatic rings. The molecule has 0 bridgehead atoms. The number of carbonyl (C=O) groups is 2. The van der Waals surface area contributed by atoms with Gasteiger partial charge in [0.2, 0.25) is 11.8 Å². The molecule has 0 saturated heterocycles. The van der Waals surface area contributed by atoms with E-state index in [-0.39, 0.29) is 41.6 Å². The maximum absolute atomic E-state index is 13.6. The maximum atomic E-state index is 13.6. The van der Waals surface area contributed by atoms with Crippen LogP contribution >= 0.6 is 12.4 Å². The van der Waals surface area contributed by atoms with Crippen molar-refractivity contribution < 1.29 is 14.0 Å². The highest BCUT2D eigenvalue weighted by Gasteiger charge is 2.37. The molecule has 1 fully saturated rings. The summed E-state index contributed by atoms with van der Waals surface area (Å²) in [6.45, 7) is 0.393. The van der Waals surface area contributed by atoms with Crippen LogP contribution in [0.5, 0.6) is 0 Å². The van der Waals surface area contributed by atoms with Crippen molar-refractivity contribution in [2.24, 2.45) is 0 Å². The van der Waals surface area contributed by atoms with E-state index in [1.54, 1.807) is 18.2 Å². The average molecular weight is 504 g/mol. The van der Waals surface area contributed by atoms with Crippen molar-refractivity contribution in [2.75, 3.05) is 20.6 Å². The number of carbonyl (C=O) groups excluding carboxylic acids is 2. The summed E-state index contributed by atoms with van der Waals surface area (Å²) in [6, 6.07) is 17.4. The van der Waals surface area contributed by atoms with Crippen LogP contribution in [0.1, 0.15) is 56.1 Å². The van der Waals surface area contributed by atoms with E-state index in [4.69, 9.17) is 0 Å². The zero-order valence-electron chi connectivity index (χ0n) is 20.9. The SMILES string of the molecule is CN(C)C1(Cc2ccccc2)CCC(NC(=O)CCCC(=O)NCCc2ccccc2F)CC1.Cl. The lowest BCUT2D eigenvalue weighted by molar-refractivity contribution is -0.123. The van der Waals surface area contributed by atoms with Crippen molar-refractivity contribution in [1.29, 1.82) is 0 Å². The molecule has 35 heavy (non-hydrogen) atoms. The predicted octanol–water partition coefficient (Wildman–Crippen LogP) is 4.68. The van der Waals surface area contributed by atoms with Crippen LogP contribution < -0.4 is 10.6 Å². The Morgan fingerprint density at radius 3 is 2.26 bits per heavy atom. The van der Waals surface area contributed by atoms with Crippen molar-refractivity contribution in [1.82, 2.24) is 15.5 Å². The highest BCUT2D eigenvalue weighted by atomic mass is 35.5. The molecule has 2 N–H and O–H groups in total. The number of rotatable bonds is 11. The number of likely N-dealkylation sites (N-methyl/N-ethyl adjacent to an activating group) is 1. The Bertz CT molecular complexity index is 931. The quantitative estimate of drug-likeness (QED) is 0.468. The van der Waals surface area contributed by atoms with Gasteiger partial charge in [0.15, 0.2) is 0 Å². The number of halogens is 2. The lowest BCUT2D eigenvalue weighted by atomic mass is 9.75. The molecule has 1 saturated carbocycles. The van der Waals surface area contributed by atoms with Gasteiger partial charge in [-0.15, -0.1) is 12.4 Å². The molecular weight excluding hydrogens is 465 g/mol. The zero-order chi connectivity index (χ0) is 24.4. The van der Waals surface area contributed by atoms with Gasteiger partial charge in [0.1, 0.15) is 5.82 Å². The Morgan fingerprint density at radius 1 is 0.971 bits per heavy atom. The van der Waals surface area contributed by atoms with Crippen LogP contribution in [-0.2, 0) is 22.4 Å². The van der Waals surface area contributed by atoms with Gasteiger partial charge in [-0.05, 0) is 76.2 Å². The molecule has 0 radical (unpaired) electrons. The van der Waals surface area contributed by atoms with E-state index in [1.807, 2.05) is 6.07 Å². The third-order valence-electron chi connectivity index (χ3n) is 7.09. The summed E-state index contributed by atoms with van der Waals surface area (Å²) in [5, 5.41) is 5.98. The van der Waals surface area contributed by atoms with Crippen molar-refractivity contribution in [3.63, 3.8) is 0 Å². The summed E-state index contributed by atoms with van der Waals surface area (Å²) in [4.78, 5) is 26.8. The number of hydrogen-bond acceptors (Lipinski definition) is 3. The number of nitrogens with zero attached hydrogens (tertiary/aromatic N) is 1. The van der Waals surface area contributed by atoms with E-state index < -0.39 is 0 Å². The first kappa shape index (κ1) is 28.8. The van der Waals surface area contributed by atoms with E-state index in [0.717, 1.165) is 32.1 Å². The van der Waals surface area contributed by atoms with Crippen LogP contribution in [0.2, 0.25) is 0 Å². The van der Waals surface area contributed by atoms with E-state index >= 15 is 0 Å². The van der Waals surface area contributed by atoms with Gasteiger partial charge >= 0.3 is 0 Å². The van der Waals surface area contributed by atoms with Gasteiger partial charge in [0.25, 0.3) is 0 Å². The number of hydrogen-bond donors (Lipinski definition) is 2. The van der Waals surface area contributed by atoms with Crippen LogP contribution in [0.25, 0.3) is 0 Å². The molecule has 192 valence electrons. The molecule has 0 aliphatic heterocycles. The van der Waals surface area contributed by atoms with Gasteiger partial charge in [-0.3, -0.25) is 9.59 Å². The lowest BCUT2D eigenvalue weighted by Gasteiger charge is -2.45. The molecule has 2 aromatic carbocycles. The first-order chi connectivity index (χ1) is 16.4. The molecule has 3 rings (SSSR count). The Kier molecular flexibility index (Phi) is 11.7. The molecule has 0 aromatic heterocycles. The molecule has 2 amide bonds. The standard InChI is InChI=1S/C28H38FN3O2.ClH/c1-32(2)28(21-22-9-4-3-5-10-22)18-15-24(16-19-28)31-27(34)14-8-13-26(33)30-20-17-23-11-6-7-12-25(23)29;/h3-7,9-12,24H,8,13-21H2,1-2H3,(H,30,33)(H,31,34);1H. The summed E-state index contributed by atoms with van der Waals surface area (Å²) in [5.41, 5.74) is 2.08. The molecular formula is C28H39ClFN3O2. The van der Waals surface area contributed by atoms with Crippen LogP contribution in [0.4, 0.5) is 4.39 Å². The Labute approximate surface area is 215 Å². The first-order valence-corrected chi connectivity index (χ1v) is 12.4. The van der Waals surface area contributed by atoms with Crippen LogP contribution in [-0.4, -0.2) is 48.9 Å². The van der Waals surface area contributed by atoms with Gasteiger partial charge < -0.3 is 15.5 Å². The monoisotopic (exact) mass is 503 g/mol. The fraction of sp³-hybridized carbons (Fsp3) is 0.500. The minimum absolute atomic E-state index is 0. The van der Waals surface area contributed by atoms with Crippen molar-refractivity contribution in [3.8, 4) is 0 Å². The number of benzene rings is 2.